The van der Waals surface area contributed by atoms with Crippen molar-refractivity contribution in [1.29, 1.82) is 0 Å². The molecule has 0 aromatic heterocycles. The first-order valence-corrected chi connectivity index (χ1v) is 8.68. The minimum atomic E-state index is 0.253. The first-order valence-electron chi connectivity index (χ1n) is 8.68. The molecule has 118 valence electrons. The zero-order chi connectivity index (χ0) is 14.9. The molecule has 2 nitrogen and oxygen atoms in total. The lowest BCUT2D eigenvalue weighted by atomic mass is 9.70. The molecule has 2 rings (SSSR count). The average Bonchev–Trinajstić information content (AvgIpc) is 2.35. The van der Waals surface area contributed by atoms with Crippen molar-refractivity contribution in [3.05, 3.63) is 0 Å². The molecule has 0 bridgehead atoms. The lowest BCUT2D eigenvalue weighted by Gasteiger charge is -2.43. The van der Waals surface area contributed by atoms with E-state index in [0.717, 1.165) is 30.6 Å². The third kappa shape index (κ3) is 3.98. The van der Waals surface area contributed by atoms with Gasteiger partial charge >= 0.3 is 0 Å². The summed E-state index contributed by atoms with van der Waals surface area (Å²) in [6, 6.07) is 0.253. The predicted octanol–water partition coefficient (Wildman–Crippen LogP) is 4.37. The molecule has 0 radical (unpaired) electrons. The molecule has 2 fully saturated rings. The Labute approximate surface area is 125 Å². The van der Waals surface area contributed by atoms with Crippen molar-refractivity contribution in [1.82, 2.24) is 0 Å². The van der Waals surface area contributed by atoms with Crippen LogP contribution in [0.1, 0.15) is 73.1 Å². The maximum absolute atomic E-state index is 6.46. The van der Waals surface area contributed by atoms with Crippen LogP contribution in [-0.2, 0) is 4.74 Å². The van der Waals surface area contributed by atoms with Gasteiger partial charge < -0.3 is 10.5 Å². The van der Waals surface area contributed by atoms with Crippen molar-refractivity contribution in [2.45, 2.75) is 91.4 Å². The summed E-state index contributed by atoms with van der Waals surface area (Å²) in [7, 11) is 0. The van der Waals surface area contributed by atoms with Gasteiger partial charge in [0, 0.05) is 6.04 Å². The van der Waals surface area contributed by atoms with E-state index >= 15 is 0 Å². The summed E-state index contributed by atoms with van der Waals surface area (Å²) >= 11 is 0. The monoisotopic (exact) mass is 281 g/mol. The highest BCUT2D eigenvalue weighted by Crippen LogP contribution is 2.40. The van der Waals surface area contributed by atoms with Gasteiger partial charge in [0.2, 0.25) is 0 Å². The molecule has 2 heteroatoms. The van der Waals surface area contributed by atoms with Crippen molar-refractivity contribution >= 4 is 0 Å². The molecule has 6 atom stereocenters. The van der Waals surface area contributed by atoms with Crippen LogP contribution in [0.2, 0.25) is 0 Å². The van der Waals surface area contributed by atoms with Crippen molar-refractivity contribution in [2.75, 3.05) is 0 Å². The zero-order valence-corrected chi connectivity index (χ0v) is 14.2. The summed E-state index contributed by atoms with van der Waals surface area (Å²) in [6.07, 6.45) is 8.07. The van der Waals surface area contributed by atoms with E-state index in [4.69, 9.17) is 10.5 Å². The van der Waals surface area contributed by atoms with Crippen LogP contribution in [0.25, 0.3) is 0 Å². The highest BCUT2D eigenvalue weighted by Gasteiger charge is 2.37. The number of hydrogen-bond acceptors (Lipinski definition) is 2. The molecule has 2 aliphatic carbocycles. The minimum Gasteiger partial charge on any atom is -0.373 e. The molecule has 0 heterocycles. The molecule has 2 aliphatic rings. The van der Waals surface area contributed by atoms with Gasteiger partial charge in [-0.15, -0.1) is 0 Å². The fraction of sp³-hybridized carbons (Fsp3) is 1.00. The Morgan fingerprint density at radius 2 is 1.60 bits per heavy atom. The van der Waals surface area contributed by atoms with Gasteiger partial charge in [-0.1, -0.05) is 34.6 Å². The van der Waals surface area contributed by atoms with Crippen LogP contribution >= 0.6 is 0 Å². The van der Waals surface area contributed by atoms with Gasteiger partial charge in [-0.3, -0.25) is 0 Å². The van der Waals surface area contributed by atoms with Gasteiger partial charge in [0.15, 0.2) is 0 Å². The van der Waals surface area contributed by atoms with Crippen molar-refractivity contribution in [3.8, 4) is 0 Å². The van der Waals surface area contributed by atoms with Crippen LogP contribution in [-0.4, -0.2) is 18.2 Å². The van der Waals surface area contributed by atoms with E-state index in [0.29, 0.717) is 17.6 Å². The Bertz CT molecular complexity index is 309. The van der Waals surface area contributed by atoms with Gasteiger partial charge in [0.1, 0.15) is 0 Å². The molecular weight excluding hydrogens is 246 g/mol. The van der Waals surface area contributed by atoms with Crippen LogP contribution in [0.15, 0.2) is 0 Å². The second-order valence-corrected chi connectivity index (χ2v) is 8.60. The predicted molar refractivity (Wildman–Crippen MR) is 85.6 cm³/mol. The Balaban J connectivity index is 1.90. The summed E-state index contributed by atoms with van der Waals surface area (Å²) in [5, 5.41) is 0. The normalized spacial score (nSPS) is 43.5. The Hall–Kier alpha value is -0.0800. The van der Waals surface area contributed by atoms with Crippen molar-refractivity contribution in [2.24, 2.45) is 28.9 Å². The topological polar surface area (TPSA) is 35.2 Å². The third-order valence-corrected chi connectivity index (χ3v) is 5.98. The molecule has 0 aromatic carbocycles. The molecule has 20 heavy (non-hydrogen) atoms. The van der Waals surface area contributed by atoms with Crippen LogP contribution in [0, 0.1) is 23.2 Å². The van der Waals surface area contributed by atoms with Gasteiger partial charge in [-0.25, -0.2) is 0 Å². The second-order valence-electron chi connectivity index (χ2n) is 8.60. The lowest BCUT2D eigenvalue weighted by molar-refractivity contribution is -0.0847. The third-order valence-electron chi connectivity index (χ3n) is 5.98. The number of hydrogen-bond donors (Lipinski definition) is 1. The minimum absolute atomic E-state index is 0.253. The summed E-state index contributed by atoms with van der Waals surface area (Å²) in [6.45, 7) is 11.8. The quantitative estimate of drug-likeness (QED) is 0.815. The van der Waals surface area contributed by atoms with Crippen LogP contribution in [0.4, 0.5) is 0 Å². The molecule has 6 unspecified atom stereocenters. The molecular formula is C18H35NO. The maximum atomic E-state index is 6.46. The molecule has 2 N–H and O–H groups in total. The van der Waals surface area contributed by atoms with Crippen LogP contribution < -0.4 is 5.73 Å². The van der Waals surface area contributed by atoms with Crippen LogP contribution in [0.5, 0.6) is 0 Å². The summed E-state index contributed by atoms with van der Waals surface area (Å²) in [5.41, 5.74) is 6.72. The molecule has 0 saturated heterocycles. The van der Waals surface area contributed by atoms with E-state index in [9.17, 15) is 0 Å². The van der Waals surface area contributed by atoms with Gasteiger partial charge in [-0.05, 0) is 61.7 Å². The number of ether oxygens (including phenoxy) is 1. The van der Waals surface area contributed by atoms with E-state index in [1.165, 1.54) is 25.7 Å². The largest absolute Gasteiger partial charge is 0.373 e. The van der Waals surface area contributed by atoms with Gasteiger partial charge in [-0.2, -0.15) is 0 Å². The fourth-order valence-corrected chi connectivity index (χ4v) is 3.96. The van der Waals surface area contributed by atoms with Crippen molar-refractivity contribution in [3.63, 3.8) is 0 Å². The second kappa shape index (κ2) is 6.36. The van der Waals surface area contributed by atoms with Gasteiger partial charge in [0.25, 0.3) is 0 Å². The van der Waals surface area contributed by atoms with E-state index < -0.39 is 0 Å². The molecule has 0 aromatic rings. The Kier molecular flexibility index (Phi) is 5.18. The van der Waals surface area contributed by atoms with E-state index in [1.54, 1.807) is 0 Å². The molecule has 0 spiro atoms. The smallest absolute Gasteiger partial charge is 0.0732 e. The molecule has 0 amide bonds. The van der Waals surface area contributed by atoms with Crippen molar-refractivity contribution < 1.29 is 4.74 Å². The first kappa shape index (κ1) is 16.3. The number of rotatable bonds is 2. The van der Waals surface area contributed by atoms with Crippen LogP contribution in [0.3, 0.4) is 0 Å². The highest BCUT2D eigenvalue weighted by atomic mass is 16.5. The zero-order valence-electron chi connectivity index (χ0n) is 14.2. The number of nitrogens with two attached hydrogens (primary N) is 1. The Morgan fingerprint density at radius 3 is 2.20 bits per heavy atom. The maximum Gasteiger partial charge on any atom is 0.0732 e. The first-order chi connectivity index (χ1) is 9.27. The SMILES string of the molecule is CC1CCC(OC2CC(C(C)(C)C)CCC2N)CC1C. The lowest BCUT2D eigenvalue weighted by Crippen LogP contribution is -2.46. The summed E-state index contributed by atoms with van der Waals surface area (Å²) in [5.74, 6) is 2.41. The standard InChI is InChI=1S/C18H35NO/c1-12-6-8-15(10-13(12)2)20-17-11-14(18(3,4)5)7-9-16(17)19/h12-17H,6-11,19H2,1-5H3. The van der Waals surface area contributed by atoms with E-state index in [1.807, 2.05) is 0 Å². The summed E-state index contributed by atoms with van der Waals surface area (Å²) < 4.78 is 6.46. The van der Waals surface area contributed by atoms with Gasteiger partial charge in [0.05, 0.1) is 12.2 Å². The molecule has 0 aliphatic heterocycles. The highest BCUT2D eigenvalue weighted by molar-refractivity contribution is 4.89. The molecule has 2 saturated carbocycles. The summed E-state index contributed by atoms with van der Waals surface area (Å²) in [4.78, 5) is 0. The van der Waals surface area contributed by atoms with E-state index in [2.05, 4.69) is 34.6 Å². The Morgan fingerprint density at radius 1 is 0.900 bits per heavy atom. The fourth-order valence-electron chi connectivity index (χ4n) is 3.96. The average molecular weight is 281 g/mol. The van der Waals surface area contributed by atoms with E-state index in [-0.39, 0.29) is 6.04 Å².